The van der Waals surface area contributed by atoms with Crippen molar-refractivity contribution < 1.29 is 14.3 Å². The van der Waals surface area contributed by atoms with Gasteiger partial charge in [0.1, 0.15) is 11.6 Å². The minimum atomic E-state index is -0.596. The Kier molecular flexibility index (Phi) is 5.53. The number of fused-ring (bicyclic) bond motifs is 1. The zero-order chi connectivity index (χ0) is 19.6. The first-order chi connectivity index (χ1) is 12.7. The molecule has 1 unspecified atom stereocenters. The molecule has 1 N–H and O–H groups in total. The summed E-state index contributed by atoms with van der Waals surface area (Å²) in [6.07, 6.45) is 3.76. The summed E-state index contributed by atoms with van der Waals surface area (Å²) >= 11 is 0. The van der Waals surface area contributed by atoms with Crippen molar-refractivity contribution in [2.24, 2.45) is 0 Å². The molecular formula is C19H28N4O4. The number of nitrogens with zero attached hydrogens (tertiary/aromatic N) is 3. The fourth-order valence-corrected chi connectivity index (χ4v) is 3.58. The molecule has 0 spiro atoms. The normalized spacial score (nSPS) is 19.1. The molecular weight excluding hydrogens is 348 g/mol. The maximum Gasteiger partial charge on any atom is 0.410 e. The van der Waals surface area contributed by atoms with Crippen molar-refractivity contribution in [1.29, 1.82) is 0 Å². The topological polar surface area (TPSA) is 93.5 Å². The van der Waals surface area contributed by atoms with Crippen LogP contribution in [-0.2, 0) is 28.9 Å². The van der Waals surface area contributed by atoms with Crippen LogP contribution in [0.5, 0.6) is 0 Å². The number of nitrogens with one attached hydrogen (secondary N) is 1. The lowest BCUT2D eigenvalue weighted by Crippen LogP contribution is -2.48. The summed E-state index contributed by atoms with van der Waals surface area (Å²) in [6.45, 7) is 6.53. The predicted molar refractivity (Wildman–Crippen MR) is 99.5 cm³/mol. The summed E-state index contributed by atoms with van der Waals surface area (Å²) in [4.78, 5) is 38.4. The van der Waals surface area contributed by atoms with Crippen LogP contribution in [0.2, 0.25) is 0 Å². The summed E-state index contributed by atoms with van der Waals surface area (Å²) in [7, 11) is 0. The van der Waals surface area contributed by atoms with Crippen molar-refractivity contribution in [2.45, 2.75) is 71.1 Å². The molecule has 2 heterocycles. The van der Waals surface area contributed by atoms with Gasteiger partial charge in [0.2, 0.25) is 5.91 Å². The Bertz CT molecular complexity index is 781. The number of aryl methyl sites for hydroxylation is 2. The molecule has 0 bridgehead atoms. The van der Waals surface area contributed by atoms with E-state index in [0.29, 0.717) is 26.1 Å². The highest BCUT2D eigenvalue weighted by Crippen LogP contribution is 2.21. The van der Waals surface area contributed by atoms with Gasteiger partial charge in [-0.25, -0.2) is 9.48 Å². The molecule has 1 atom stereocenters. The SMILES string of the molecule is CC(C)(C)OC(=O)N1CCCC1C(=O)NCCn1nc2c(cc1=O)CCC2. The Labute approximate surface area is 158 Å². The highest BCUT2D eigenvalue weighted by atomic mass is 16.6. The Hall–Kier alpha value is -2.38. The number of hydrogen-bond donors (Lipinski definition) is 1. The molecule has 1 fully saturated rings. The molecule has 8 heteroatoms. The minimum absolute atomic E-state index is 0.138. The van der Waals surface area contributed by atoms with E-state index in [4.69, 9.17) is 4.74 Å². The van der Waals surface area contributed by atoms with Crippen LogP contribution in [0, 0.1) is 0 Å². The molecule has 8 nitrogen and oxygen atoms in total. The zero-order valence-corrected chi connectivity index (χ0v) is 16.3. The molecule has 0 radical (unpaired) electrons. The van der Waals surface area contributed by atoms with Crippen LogP contribution in [0.15, 0.2) is 10.9 Å². The number of carbonyl (C=O) groups excluding carboxylic acids is 2. The fraction of sp³-hybridized carbons (Fsp3) is 0.684. The average molecular weight is 376 g/mol. The standard InChI is InChI=1S/C19H28N4O4/c1-19(2,3)27-18(26)22-10-5-8-15(22)17(25)20-9-11-23-16(24)12-13-6-4-7-14(13)21-23/h12,15H,4-11H2,1-3H3,(H,20,25). The van der Waals surface area contributed by atoms with Crippen molar-refractivity contribution in [3.05, 3.63) is 27.7 Å². The highest BCUT2D eigenvalue weighted by molar-refractivity contribution is 5.86. The number of aromatic nitrogens is 2. The molecule has 0 saturated carbocycles. The molecule has 3 rings (SSSR count). The third kappa shape index (κ3) is 4.67. The lowest BCUT2D eigenvalue weighted by Gasteiger charge is -2.28. The lowest BCUT2D eigenvalue weighted by atomic mass is 10.2. The van der Waals surface area contributed by atoms with Crippen molar-refractivity contribution in [1.82, 2.24) is 20.0 Å². The fourth-order valence-electron chi connectivity index (χ4n) is 3.58. The van der Waals surface area contributed by atoms with Crippen LogP contribution in [0.4, 0.5) is 4.79 Å². The van der Waals surface area contributed by atoms with E-state index in [0.717, 1.165) is 36.9 Å². The zero-order valence-electron chi connectivity index (χ0n) is 16.3. The van der Waals surface area contributed by atoms with E-state index >= 15 is 0 Å². The van der Waals surface area contributed by atoms with E-state index in [9.17, 15) is 14.4 Å². The van der Waals surface area contributed by atoms with Gasteiger partial charge < -0.3 is 10.1 Å². The number of hydrogen-bond acceptors (Lipinski definition) is 5. The van der Waals surface area contributed by atoms with Gasteiger partial charge in [0.25, 0.3) is 5.56 Å². The Balaban J connectivity index is 1.55. The first-order valence-corrected chi connectivity index (χ1v) is 9.62. The average Bonchev–Trinajstić information content (AvgIpc) is 3.21. The van der Waals surface area contributed by atoms with Gasteiger partial charge in [-0.05, 0) is 58.4 Å². The molecule has 0 aromatic carbocycles. The van der Waals surface area contributed by atoms with Crippen LogP contribution >= 0.6 is 0 Å². The molecule has 1 aromatic heterocycles. The van der Waals surface area contributed by atoms with Crippen LogP contribution in [-0.4, -0.2) is 51.4 Å². The summed E-state index contributed by atoms with van der Waals surface area (Å²) in [5.74, 6) is -0.215. The van der Waals surface area contributed by atoms with Gasteiger partial charge in [0.05, 0.1) is 12.2 Å². The van der Waals surface area contributed by atoms with Crippen molar-refractivity contribution in [2.75, 3.05) is 13.1 Å². The largest absolute Gasteiger partial charge is 0.444 e. The maximum absolute atomic E-state index is 12.5. The first-order valence-electron chi connectivity index (χ1n) is 9.62. The van der Waals surface area contributed by atoms with Gasteiger partial charge >= 0.3 is 6.09 Å². The second-order valence-electron chi connectivity index (χ2n) is 8.15. The second-order valence-corrected chi connectivity index (χ2v) is 8.15. The summed E-state index contributed by atoms with van der Waals surface area (Å²) < 4.78 is 6.79. The predicted octanol–water partition coefficient (Wildman–Crippen LogP) is 1.25. The third-order valence-electron chi connectivity index (χ3n) is 4.83. The monoisotopic (exact) mass is 376 g/mol. The summed E-state index contributed by atoms with van der Waals surface area (Å²) in [5.41, 5.74) is 1.29. The van der Waals surface area contributed by atoms with Crippen LogP contribution < -0.4 is 10.9 Å². The molecule has 2 aliphatic rings. The van der Waals surface area contributed by atoms with E-state index in [-0.39, 0.29) is 11.5 Å². The van der Waals surface area contributed by atoms with Gasteiger partial charge in [-0.2, -0.15) is 5.10 Å². The third-order valence-corrected chi connectivity index (χ3v) is 4.83. The van der Waals surface area contributed by atoms with Gasteiger partial charge in [-0.3, -0.25) is 14.5 Å². The van der Waals surface area contributed by atoms with E-state index in [1.165, 1.54) is 9.58 Å². The molecule has 148 valence electrons. The van der Waals surface area contributed by atoms with E-state index in [1.54, 1.807) is 26.8 Å². The first kappa shape index (κ1) is 19.4. The Morgan fingerprint density at radius 2 is 2.07 bits per heavy atom. The Morgan fingerprint density at radius 1 is 1.30 bits per heavy atom. The molecule has 1 aliphatic carbocycles. The van der Waals surface area contributed by atoms with E-state index < -0.39 is 17.7 Å². The van der Waals surface area contributed by atoms with Crippen molar-refractivity contribution in [3.8, 4) is 0 Å². The summed E-state index contributed by atoms with van der Waals surface area (Å²) in [6, 6.07) is 1.13. The molecule has 1 saturated heterocycles. The minimum Gasteiger partial charge on any atom is -0.444 e. The summed E-state index contributed by atoms with van der Waals surface area (Å²) in [5, 5.41) is 7.23. The molecule has 1 aliphatic heterocycles. The van der Waals surface area contributed by atoms with Gasteiger partial charge in [-0.1, -0.05) is 0 Å². The number of carbonyl (C=O) groups is 2. The van der Waals surface area contributed by atoms with Crippen molar-refractivity contribution in [3.63, 3.8) is 0 Å². The number of ether oxygens (including phenoxy) is 1. The van der Waals surface area contributed by atoms with Gasteiger partial charge in [0, 0.05) is 19.2 Å². The molecule has 2 amide bonds. The lowest BCUT2D eigenvalue weighted by molar-refractivity contribution is -0.125. The smallest absolute Gasteiger partial charge is 0.410 e. The molecule has 27 heavy (non-hydrogen) atoms. The highest BCUT2D eigenvalue weighted by Gasteiger charge is 2.36. The molecule has 1 aromatic rings. The van der Waals surface area contributed by atoms with Crippen LogP contribution in [0.25, 0.3) is 0 Å². The quantitative estimate of drug-likeness (QED) is 0.854. The Morgan fingerprint density at radius 3 is 2.81 bits per heavy atom. The number of likely N-dealkylation sites (tertiary alicyclic amines) is 1. The van der Waals surface area contributed by atoms with Gasteiger partial charge in [-0.15, -0.1) is 0 Å². The number of amides is 2. The second kappa shape index (κ2) is 7.70. The van der Waals surface area contributed by atoms with Crippen LogP contribution in [0.1, 0.15) is 51.3 Å². The number of rotatable bonds is 4. The van der Waals surface area contributed by atoms with Gasteiger partial charge in [0.15, 0.2) is 0 Å². The van der Waals surface area contributed by atoms with Crippen molar-refractivity contribution >= 4 is 12.0 Å². The van der Waals surface area contributed by atoms with Crippen LogP contribution in [0.3, 0.4) is 0 Å². The maximum atomic E-state index is 12.5. The van der Waals surface area contributed by atoms with E-state index in [1.807, 2.05) is 0 Å². The van der Waals surface area contributed by atoms with E-state index in [2.05, 4.69) is 10.4 Å².